The predicted octanol–water partition coefficient (Wildman–Crippen LogP) is 5.41. The summed E-state index contributed by atoms with van der Waals surface area (Å²) < 4.78 is 7.10. The van der Waals surface area contributed by atoms with Crippen molar-refractivity contribution in [3.05, 3.63) is 58.4 Å². The number of nitrogens with zero attached hydrogens (tertiary/aromatic N) is 5. The monoisotopic (exact) mass is 465 g/mol. The van der Waals surface area contributed by atoms with Gasteiger partial charge in [0.05, 0.1) is 32.5 Å². The Morgan fingerprint density at radius 1 is 1.00 bits per heavy atom. The Balaban J connectivity index is 1.50. The highest BCUT2D eigenvalue weighted by Gasteiger charge is 2.25. The number of fused-ring (bicyclic) bond motifs is 2. The molecule has 12 heteroatoms. The lowest BCUT2D eigenvalue weighted by Gasteiger charge is -2.06. The van der Waals surface area contributed by atoms with Gasteiger partial charge >= 0.3 is 5.69 Å². The van der Waals surface area contributed by atoms with Gasteiger partial charge in [0.1, 0.15) is 12.1 Å². The number of anilines is 4. The van der Waals surface area contributed by atoms with Gasteiger partial charge in [0.2, 0.25) is 11.6 Å². The number of thiazole rings is 2. The van der Waals surface area contributed by atoms with Crippen LogP contribution in [0.2, 0.25) is 0 Å². The molecule has 0 aliphatic carbocycles. The Kier molecular flexibility index (Phi) is 4.99. The van der Waals surface area contributed by atoms with E-state index in [0.717, 1.165) is 26.0 Å². The molecule has 0 radical (unpaired) electrons. The van der Waals surface area contributed by atoms with E-state index in [-0.39, 0.29) is 17.3 Å². The standard InChI is InChI=1S/C20H15N7O3S2/c1-10-4-3-5-13-15(10)24-20(31-13)26-18-16(27(28)29)17(21-9-22-18)25-19-23-12-7-6-11(30-2)8-14(12)32-19/h3-9H,1-2H3,(H2,21,22,23,24,25,26). The van der Waals surface area contributed by atoms with Crippen LogP contribution in [0.15, 0.2) is 42.7 Å². The van der Waals surface area contributed by atoms with E-state index in [9.17, 15) is 10.1 Å². The Labute approximate surface area is 189 Å². The fraction of sp³-hybridized carbons (Fsp3) is 0.100. The van der Waals surface area contributed by atoms with Gasteiger partial charge in [-0.05, 0) is 36.8 Å². The summed E-state index contributed by atoms with van der Waals surface area (Å²) in [6, 6.07) is 11.4. The molecular weight excluding hydrogens is 450 g/mol. The normalized spacial score (nSPS) is 11.1. The second-order valence-corrected chi connectivity index (χ2v) is 8.78. The highest BCUT2D eigenvalue weighted by Crippen LogP contribution is 2.37. The van der Waals surface area contributed by atoms with Crippen LogP contribution in [-0.2, 0) is 0 Å². The maximum absolute atomic E-state index is 11.9. The zero-order chi connectivity index (χ0) is 22.2. The number of nitrogens with one attached hydrogen (secondary N) is 2. The van der Waals surface area contributed by atoms with Crippen molar-refractivity contribution in [2.24, 2.45) is 0 Å². The van der Waals surface area contributed by atoms with Gasteiger partial charge in [-0.3, -0.25) is 10.1 Å². The number of benzene rings is 2. The van der Waals surface area contributed by atoms with Crippen LogP contribution >= 0.6 is 22.7 Å². The minimum atomic E-state index is -0.528. The fourth-order valence-electron chi connectivity index (χ4n) is 3.16. The van der Waals surface area contributed by atoms with Crippen molar-refractivity contribution in [1.82, 2.24) is 19.9 Å². The summed E-state index contributed by atoms with van der Waals surface area (Å²) in [4.78, 5) is 28.6. The number of para-hydroxylation sites is 1. The van der Waals surface area contributed by atoms with E-state index in [0.29, 0.717) is 16.0 Å². The van der Waals surface area contributed by atoms with Crippen LogP contribution in [0.4, 0.5) is 27.6 Å². The van der Waals surface area contributed by atoms with Crippen molar-refractivity contribution in [3.8, 4) is 5.75 Å². The lowest BCUT2D eigenvalue weighted by molar-refractivity contribution is -0.383. The molecule has 3 heterocycles. The molecule has 0 spiro atoms. The first-order chi connectivity index (χ1) is 15.5. The molecule has 0 bridgehead atoms. The van der Waals surface area contributed by atoms with E-state index in [1.165, 1.54) is 29.0 Å². The molecule has 3 aromatic heterocycles. The maximum Gasteiger partial charge on any atom is 0.354 e. The van der Waals surface area contributed by atoms with Gasteiger partial charge < -0.3 is 15.4 Å². The molecule has 0 atom stereocenters. The van der Waals surface area contributed by atoms with Crippen LogP contribution in [0.1, 0.15) is 5.56 Å². The number of rotatable bonds is 6. The average Bonchev–Trinajstić information content (AvgIpc) is 3.36. The number of nitro groups is 1. The molecular formula is C20H15N7O3S2. The number of methoxy groups -OCH3 is 1. The Morgan fingerprint density at radius 2 is 1.72 bits per heavy atom. The average molecular weight is 466 g/mol. The fourth-order valence-corrected chi connectivity index (χ4v) is 5.00. The van der Waals surface area contributed by atoms with Crippen molar-refractivity contribution in [3.63, 3.8) is 0 Å². The first-order valence-corrected chi connectivity index (χ1v) is 11.0. The second-order valence-electron chi connectivity index (χ2n) is 6.72. The lowest BCUT2D eigenvalue weighted by atomic mass is 10.2. The van der Waals surface area contributed by atoms with Crippen LogP contribution in [-0.4, -0.2) is 32.0 Å². The van der Waals surface area contributed by atoms with E-state index in [1.807, 2.05) is 37.3 Å². The third kappa shape index (κ3) is 3.65. The number of aromatic nitrogens is 4. The van der Waals surface area contributed by atoms with Crippen molar-refractivity contribution in [2.75, 3.05) is 17.7 Å². The summed E-state index contributed by atoms with van der Waals surface area (Å²) in [5, 5.41) is 18.8. The lowest BCUT2D eigenvalue weighted by Crippen LogP contribution is -2.05. The van der Waals surface area contributed by atoms with Crippen molar-refractivity contribution in [1.29, 1.82) is 0 Å². The zero-order valence-corrected chi connectivity index (χ0v) is 18.5. The van der Waals surface area contributed by atoms with Crippen molar-refractivity contribution < 1.29 is 9.66 Å². The molecule has 0 fully saturated rings. The molecule has 0 saturated heterocycles. The van der Waals surface area contributed by atoms with Crippen LogP contribution in [0.3, 0.4) is 0 Å². The van der Waals surface area contributed by atoms with E-state index in [2.05, 4.69) is 30.6 Å². The highest BCUT2D eigenvalue weighted by molar-refractivity contribution is 7.22. The minimum absolute atomic E-state index is 0.0378. The predicted molar refractivity (Wildman–Crippen MR) is 126 cm³/mol. The van der Waals surface area contributed by atoms with Crippen LogP contribution in [0, 0.1) is 17.0 Å². The number of aryl methyl sites for hydroxylation is 1. The summed E-state index contributed by atoms with van der Waals surface area (Å²) in [5.41, 5.74) is 2.33. The Bertz CT molecular complexity index is 1480. The zero-order valence-electron chi connectivity index (χ0n) is 16.8. The van der Waals surface area contributed by atoms with Crippen LogP contribution < -0.4 is 15.4 Å². The molecule has 2 N–H and O–H groups in total. The molecule has 0 amide bonds. The van der Waals surface area contributed by atoms with E-state index >= 15 is 0 Å². The number of ether oxygens (including phenoxy) is 1. The molecule has 5 aromatic rings. The van der Waals surface area contributed by atoms with Gasteiger partial charge in [-0.15, -0.1) is 0 Å². The second kappa shape index (κ2) is 7.98. The topological polar surface area (TPSA) is 128 Å². The summed E-state index contributed by atoms with van der Waals surface area (Å²) >= 11 is 2.74. The summed E-state index contributed by atoms with van der Waals surface area (Å²) in [5.74, 6) is 0.793. The largest absolute Gasteiger partial charge is 0.497 e. The van der Waals surface area contributed by atoms with E-state index in [4.69, 9.17) is 4.74 Å². The first-order valence-electron chi connectivity index (χ1n) is 9.36. The number of hydrogen-bond donors (Lipinski definition) is 2. The van der Waals surface area contributed by atoms with Gasteiger partial charge in [0, 0.05) is 0 Å². The van der Waals surface area contributed by atoms with E-state index < -0.39 is 4.92 Å². The van der Waals surface area contributed by atoms with Gasteiger partial charge in [-0.1, -0.05) is 34.8 Å². The number of hydrogen-bond acceptors (Lipinski definition) is 11. The third-order valence-corrected chi connectivity index (χ3v) is 6.54. The SMILES string of the molecule is COc1ccc2nc(Nc3ncnc(Nc4nc5c(C)cccc5s4)c3[N+](=O)[O-])sc2c1. The Hall–Kier alpha value is -3.90. The quantitative estimate of drug-likeness (QED) is 0.250. The van der Waals surface area contributed by atoms with Gasteiger partial charge in [-0.25, -0.2) is 19.9 Å². The molecule has 0 aliphatic rings. The molecule has 0 unspecified atom stereocenters. The van der Waals surface area contributed by atoms with Crippen molar-refractivity contribution >= 4 is 70.7 Å². The smallest absolute Gasteiger partial charge is 0.354 e. The molecule has 2 aromatic carbocycles. The first kappa shape index (κ1) is 20.0. The Morgan fingerprint density at radius 3 is 2.41 bits per heavy atom. The van der Waals surface area contributed by atoms with Gasteiger partial charge in [0.25, 0.3) is 0 Å². The van der Waals surface area contributed by atoms with Crippen LogP contribution in [0.25, 0.3) is 20.4 Å². The minimum Gasteiger partial charge on any atom is -0.497 e. The van der Waals surface area contributed by atoms with Gasteiger partial charge in [-0.2, -0.15) is 0 Å². The molecule has 10 nitrogen and oxygen atoms in total. The molecule has 0 aliphatic heterocycles. The van der Waals surface area contributed by atoms with E-state index in [1.54, 1.807) is 13.2 Å². The third-order valence-electron chi connectivity index (χ3n) is 4.67. The highest BCUT2D eigenvalue weighted by atomic mass is 32.1. The molecule has 160 valence electrons. The summed E-state index contributed by atoms with van der Waals surface area (Å²) in [7, 11) is 1.59. The summed E-state index contributed by atoms with van der Waals surface area (Å²) in [6.07, 6.45) is 1.26. The van der Waals surface area contributed by atoms with Crippen molar-refractivity contribution in [2.45, 2.75) is 6.92 Å². The van der Waals surface area contributed by atoms with Crippen LogP contribution in [0.5, 0.6) is 5.75 Å². The van der Waals surface area contributed by atoms with Gasteiger partial charge in [0.15, 0.2) is 10.3 Å². The molecule has 5 rings (SSSR count). The summed E-state index contributed by atoms with van der Waals surface area (Å²) in [6.45, 7) is 1.97. The maximum atomic E-state index is 11.9. The molecule has 0 saturated carbocycles. The molecule has 32 heavy (non-hydrogen) atoms.